The van der Waals surface area contributed by atoms with E-state index in [0.29, 0.717) is 6.04 Å². The summed E-state index contributed by atoms with van der Waals surface area (Å²) in [7, 11) is 0. The van der Waals surface area contributed by atoms with Crippen molar-refractivity contribution >= 4 is 5.82 Å². The maximum atomic E-state index is 6.09. The molecule has 2 atom stereocenters. The first kappa shape index (κ1) is 13.8. The summed E-state index contributed by atoms with van der Waals surface area (Å²) in [5, 5.41) is 0. The number of aromatic nitrogens is 1. The van der Waals surface area contributed by atoms with Crippen molar-refractivity contribution < 1.29 is 0 Å². The van der Waals surface area contributed by atoms with Crippen LogP contribution in [0.25, 0.3) is 0 Å². The molecule has 2 N–H and O–H groups in total. The van der Waals surface area contributed by atoms with Crippen LogP contribution in [0.4, 0.5) is 5.82 Å². The van der Waals surface area contributed by atoms with Gasteiger partial charge in [-0.05, 0) is 37.3 Å². The zero-order chi connectivity index (χ0) is 13.8. The molecular weight excluding hydrogens is 248 g/mol. The standard InChI is InChI=1S/C16H26N4/c17-15-5-3-4-14(12-15)13-19-8-10-20(11-9-19)16-6-1-2-7-18-16/h1-2,6-7,14-15H,3-5,8-13,17H2. The van der Waals surface area contributed by atoms with Crippen LogP contribution < -0.4 is 10.6 Å². The molecule has 0 bridgehead atoms. The van der Waals surface area contributed by atoms with E-state index in [-0.39, 0.29) is 0 Å². The predicted octanol–water partition coefficient (Wildman–Crippen LogP) is 1.72. The van der Waals surface area contributed by atoms with Gasteiger partial charge in [-0.2, -0.15) is 0 Å². The molecule has 1 aromatic rings. The average molecular weight is 274 g/mol. The van der Waals surface area contributed by atoms with E-state index in [1.54, 1.807) is 0 Å². The molecule has 4 heteroatoms. The molecular formula is C16H26N4. The highest BCUT2D eigenvalue weighted by molar-refractivity contribution is 5.38. The third-order valence-electron chi connectivity index (χ3n) is 4.69. The van der Waals surface area contributed by atoms with Crippen LogP contribution in [0.2, 0.25) is 0 Å². The van der Waals surface area contributed by atoms with Crippen LogP contribution in [0.3, 0.4) is 0 Å². The van der Waals surface area contributed by atoms with E-state index in [4.69, 9.17) is 5.73 Å². The minimum atomic E-state index is 0.448. The van der Waals surface area contributed by atoms with Crippen molar-refractivity contribution in [1.29, 1.82) is 0 Å². The fourth-order valence-corrected chi connectivity index (χ4v) is 3.56. The lowest BCUT2D eigenvalue weighted by Gasteiger charge is -2.38. The fraction of sp³-hybridized carbons (Fsp3) is 0.688. The van der Waals surface area contributed by atoms with Crippen LogP contribution >= 0.6 is 0 Å². The molecule has 1 saturated carbocycles. The number of nitrogens with zero attached hydrogens (tertiary/aromatic N) is 3. The second-order valence-corrected chi connectivity index (χ2v) is 6.27. The first-order chi connectivity index (χ1) is 9.81. The van der Waals surface area contributed by atoms with Gasteiger partial charge in [0.2, 0.25) is 0 Å². The van der Waals surface area contributed by atoms with Crippen LogP contribution in [0.15, 0.2) is 24.4 Å². The monoisotopic (exact) mass is 274 g/mol. The summed E-state index contributed by atoms with van der Waals surface area (Å²) < 4.78 is 0. The Morgan fingerprint density at radius 3 is 2.70 bits per heavy atom. The Labute approximate surface area is 122 Å². The van der Waals surface area contributed by atoms with Gasteiger partial charge in [-0.15, -0.1) is 0 Å². The van der Waals surface area contributed by atoms with Gasteiger partial charge in [0.15, 0.2) is 0 Å². The number of nitrogens with two attached hydrogens (primary N) is 1. The quantitative estimate of drug-likeness (QED) is 0.911. The van der Waals surface area contributed by atoms with Gasteiger partial charge in [0.25, 0.3) is 0 Å². The summed E-state index contributed by atoms with van der Waals surface area (Å²) in [6.07, 6.45) is 7.02. The molecule has 0 aromatic carbocycles. The van der Waals surface area contributed by atoms with Crippen molar-refractivity contribution in [2.24, 2.45) is 11.7 Å². The smallest absolute Gasteiger partial charge is 0.128 e. The topological polar surface area (TPSA) is 45.4 Å². The molecule has 1 aromatic heterocycles. The van der Waals surface area contributed by atoms with Gasteiger partial charge in [0, 0.05) is 45.0 Å². The fourth-order valence-electron chi connectivity index (χ4n) is 3.56. The first-order valence-corrected chi connectivity index (χ1v) is 7.95. The van der Waals surface area contributed by atoms with Crippen molar-refractivity contribution in [2.45, 2.75) is 31.7 Å². The third-order valence-corrected chi connectivity index (χ3v) is 4.69. The van der Waals surface area contributed by atoms with Gasteiger partial charge in [-0.1, -0.05) is 12.5 Å². The highest BCUT2D eigenvalue weighted by atomic mass is 15.3. The normalized spacial score (nSPS) is 28.6. The van der Waals surface area contributed by atoms with Crippen molar-refractivity contribution in [2.75, 3.05) is 37.6 Å². The first-order valence-electron chi connectivity index (χ1n) is 7.95. The van der Waals surface area contributed by atoms with Gasteiger partial charge in [0.05, 0.1) is 0 Å². The van der Waals surface area contributed by atoms with E-state index in [2.05, 4.69) is 26.9 Å². The van der Waals surface area contributed by atoms with Crippen molar-refractivity contribution in [3.63, 3.8) is 0 Å². The van der Waals surface area contributed by atoms with Gasteiger partial charge >= 0.3 is 0 Å². The Morgan fingerprint density at radius 1 is 1.15 bits per heavy atom. The van der Waals surface area contributed by atoms with E-state index in [0.717, 1.165) is 37.9 Å². The van der Waals surface area contributed by atoms with Crippen molar-refractivity contribution in [3.8, 4) is 0 Å². The van der Waals surface area contributed by atoms with Crippen LogP contribution in [-0.2, 0) is 0 Å². The van der Waals surface area contributed by atoms with E-state index in [1.165, 1.54) is 32.2 Å². The van der Waals surface area contributed by atoms with Gasteiger partial charge in [0.1, 0.15) is 5.82 Å². The summed E-state index contributed by atoms with van der Waals surface area (Å²) in [6, 6.07) is 6.60. The Hall–Kier alpha value is -1.13. The SMILES string of the molecule is NC1CCCC(CN2CCN(c3ccccn3)CC2)C1. The molecule has 2 fully saturated rings. The predicted molar refractivity (Wildman–Crippen MR) is 82.8 cm³/mol. The molecule has 20 heavy (non-hydrogen) atoms. The lowest BCUT2D eigenvalue weighted by atomic mass is 9.86. The number of anilines is 1. The maximum absolute atomic E-state index is 6.09. The highest BCUT2D eigenvalue weighted by Crippen LogP contribution is 2.24. The zero-order valence-electron chi connectivity index (χ0n) is 12.2. The molecule has 4 nitrogen and oxygen atoms in total. The Bertz CT molecular complexity index is 400. The lowest BCUT2D eigenvalue weighted by molar-refractivity contribution is 0.184. The summed E-state index contributed by atoms with van der Waals surface area (Å²) in [4.78, 5) is 9.45. The van der Waals surface area contributed by atoms with Gasteiger partial charge in [-0.25, -0.2) is 4.98 Å². The number of rotatable bonds is 3. The molecule has 1 aliphatic carbocycles. The van der Waals surface area contributed by atoms with E-state index >= 15 is 0 Å². The highest BCUT2D eigenvalue weighted by Gasteiger charge is 2.24. The molecule has 0 amide bonds. The average Bonchev–Trinajstić information content (AvgIpc) is 2.49. The summed E-state index contributed by atoms with van der Waals surface area (Å²) in [5.74, 6) is 1.94. The van der Waals surface area contributed by atoms with Crippen molar-refractivity contribution in [3.05, 3.63) is 24.4 Å². The second kappa shape index (κ2) is 6.55. The maximum Gasteiger partial charge on any atom is 0.128 e. The van der Waals surface area contributed by atoms with E-state index < -0.39 is 0 Å². The van der Waals surface area contributed by atoms with E-state index in [1.807, 2.05) is 12.3 Å². The van der Waals surface area contributed by atoms with Crippen LogP contribution in [0.5, 0.6) is 0 Å². The number of hydrogen-bond donors (Lipinski definition) is 1. The summed E-state index contributed by atoms with van der Waals surface area (Å²) >= 11 is 0. The Balaban J connectivity index is 1.46. The second-order valence-electron chi connectivity index (χ2n) is 6.27. The summed E-state index contributed by atoms with van der Waals surface area (Å²) in [6.45, 7) is 5.74. The molecule has 1 saturated heterocycles. The van der Waals surface area contributed by atoms with Crippen LogP contribution in [-0.4, -0.2) is 48.6 Å². The minimum Gasteiger partial charge on any atom is -0.354 e. The Kier molecular flexibility index (Phi) is 4.53. The molecule has 110 valence electrons. The van der Waals surface area contributed by atoms with Crippen molar-refractivity contribution in [1.82, 2.24) is 9.88 Å². The minimum absolute atomic E-state index is 0.448. The lowest BCUT2D eigenvalue weighted by Crippen LogP contribution is -2.48. The number of hydrogen-bond acceptors (Lipinski definition) is 4. The summed E-state index contributed by atoms with van der Waals surface area (Å²) in [5.41, 5.74) is 6.09. The molecule has 0 radical (unpaired) electrons. The van der Waals surface area contributed by atoms with Crippen LogP contribution in [0, 0.1) is 5.92 Å². The molecule has 2 aliphatic rings. The molecule has 3 rings (SSSR count). The third kappa shape index (κ3) is 3.49. The largest absolute Gasteiger partial charge is 0.354 e. The van der Waals surface area contributed by atoms with Gasteiger partial charge < -0.3 is 10.6 Å². The molecule has 1 aliphatic heterocycles. The zero-order valence-corrected chi connectivity index (χ0v) is 12.2. The number of piperazine rings is 1. The van der Waals surface area contributed by atoms with Gasteiger partial charge in [-0.3, -0.25) is 4.90 Å². The molecule has 0 spiro atoms. The van der Waals surface area contributed by atoms with Crippen LogP contribution in [0.1, 0.15) is 25.7 Å². The number of pyridine rings is 1. The molecule has 2 heterocycles. The van der Waals surface area contributed by atoms with E-state index in [9.17, 15) is 0 Å². The Morgan fingerprint density at radius 2 is 2.00 bits per heavy atom. The molecule has 2 unspecified atom stereocenters.